The number of H-pyrrole nitrogens is 1. The Morgan fingerprint density at radius 3 is 2.44 bits per heavy atom. The van der Waals surface area contributed by atoms with Crippen molar-refractivity contribution in [1.82, 2.24) is 14.9 Å². The Kier molecular flexibility index (Phi) is 5.54. The number of rotatable bonds is 5. The largest absolute Gasteiger partial charge is 0.462 e. The Balaban J connectivity index is 1.58. The summed E-state index contributed by atoms with van der Waals surface area (Å²) in [6, 6.07) is 5.07. The van der Waals surface area contributed by atoms with Crippen LogP contribution in [-0.2, 0) is 4.74 Å². The first-order valence-corrected chi connectivity index (χ1v) is 8.86. The van der Waals surface area contributed by atoms with Gasteiger partial charge in [0.05, 0.1) is 12.2 Å². The summed E-state index contributed by atoms with van der Waals surface area (Å²) in [5.74, 6) is 0.178. The number of pyridine rings is 1. The molecule has 0 spiro atoms. The van der Waals surface area contributed by atoms with Crippen LogP contribution in [0.3, 0.4) is 0 Å². The van der Waals surface area contributed by atoms with Gasteiger partial charge in [-0.1, -0.05) is 0 Å². The molecule has 3 heterocycles. The number of hydrogen-bond acceptors (Lipinski definition) is 6. The minimum atomic E-state index is -0.386. The van der Waals surface area contributed by atoms with Gasteiger partial charge < -0.3 is 19.5 Å². The number of aromatic amines is 1. The fourth-order valence-corrected chi connectivity index (χ4v) is 2.94. The molecular weight excluding hydrogens is 348 g/mol. The molecule has 0 radical (unpaired) electrons. The summed E-state index contributed by atoms with van der Waals surface area (Å²) < 4.78 is 4.95. The van der Waals surface area contributed by atoms with Gasteiger partial charge in [0, 0.05) is 44.1 Å². The van der Waals surface area contributed by atoms with Crippen molar-refractivity contribution in [2.75, 3.05) is 37.7 Å². The summed E-state index contributed by atoms with van der Waals surface area (Å²) in [5, 5.41) is 0. The number of ketones is 1. The molecule has 0 aliphatic carbocycles. The Hall–Kier alpha value is -3.16. The van der Waals surface area contributed by atoms with E-state index in [-0.39, 0.29) is 17.7 Å². The first-order valence-electron chi connectivity index (χ1n) is 8.86. The number of esters is 1. The number of carbonyl (C=O) groups is 3. The van der Waals surface area contributed by atoms with Gasteiger partial charge >= 0.3 is 5.97 Å². The monoisotopic (exact) mass is 370 g/mol. The van der Waals surface area contributed by atoms with Crippen molar-refractivity contribution >= 4 is 23.5 Å². The zero-order valence-corrected chi connectivity index (χ0v) is 15.4. The number of Topliss-reactive ketones (excluding diaryl/α,β-unsaturated/α-hetero) is 1. The van der Waals surface area contributed by atoms with Gasteiger partial charge in [0.1, 0.15) is 11.5 Å². The van der Waals surface area contributed by atoms with E-state index in [9.17, 15) is 14.4 Å². The second-order valence-corrected chi connectivity index (χ2v) is 6.26. The van der Waals surface area contributed by atoms with Crippen molar-refractivity contribution in [2.24, 2.45) is 0 Å². The van der Waals surface area contributed by atoms with E-state index in [0.29, 0.717) is 49.6 Å². The van der Waals surface area contributed by atoms with Crippen molar-refractivity contribution in [2.45, 2.75) is 13.8 Å². The summed E-state index contributed by atoms with van der Waals surface area (Å²) in [7, 11) is 0. The lowest BCUT2D eigenvalue weighted by atomic mass is 10.2. The molecule has 1 aliphatic heterocycles. The molecule has 0 unspecified atom stereocenters. The van der Waals surface area contributed by atoms with Crippen molar-refractivity contribution in [3.8, 4) is 0 Å². The van der Waals surface area contributed by atoms with Crippen LogP contribution in [0.25, 0.3) is 0 Å². The average Bonchev–Trinajstić information content (AvgIpc) is 3.18. The average molecular weight is 370 g/mol. The lowest BCUT2D eigenvalue weighted by Crippen LogP contribution is -2.49. The van der Waals surface area contributed by atoms with Gasteiger partial charge in [-0.05, 0) is 32.0 Å². The van der Waals surface area contributed by atoms with Crippen LogP contribution in [0.1, 0.15) is 45.1 Å². The molecule has 142 valence electrons. The van der Waals surface area contributed by atoms with E-state index in [1.807, 2.05) is 0 Å². The number of amides is 1. The molecule has 2 aromatic heterocycles. The Morgan fingerprint density at radius 1 is 1.15 bits per heavy atom. The number of hydrogen-bond donors (Lipinski definition) is 1. The van der Waals surface area contributed by atoms with E-state index in [0.717, 1.165) is 5.82 Å². The van der Waals surface area contributed by atoms with Crippen LogP contribution in [0.5, 0.6) is 0 Å². The van der Waals surface area contributed by atoms with Crippen LogP contribution in [0.15, 0.2) is 30.6 Å². The van der Waals surface area contributed by atoms with E-state index >= 15 is 0 Å². The van der Waals surface area contributed by atoms with Gasteiger partial charge in [-0.2, -0.15) is 0 Å². The SMILES string of the molecule is CCOC(=O)c1ccc(N2CCN(C(=O)c3cc(C(C)=O)c[nH]3)CC2)nc1. The van der Waals surface area contributed by atoms with Crippen LogP contribution in [-0.4, -0.2) is 65.3 Å². The minimum Gasteiger partial charge on any atom is -0.462 e. The highest BCUT2D eigenvalue weighted by Gasteiger charge is 2.24. The first kappa shape index (κ1) is 18.6. The molecule has 1 aliphatic rings. The van der Waals surface area contributed by atoms with E-state index < -0.39 is 0 Å². The molecule has 8 heteroatoms. The summed E-state index contributed by atoms with van der Waals surface area (Å²) in [5.41, 5.74) is 1.34. The van der Waals surface area contributed by atoms with Crippen molar-refractivity contribution in [3.05, 3.63) is 47.4 Å². The number of nitrogens with one attached hydrogen (secondary N) is 1. The molecule has 0 bridgehead atoms. The topological polar surface area (TPSA) is 95.6 Å². The van der Waals surface area contributed by atoms with Crippen LogP contribution in [0.2, 0.25) is 0 Å². The third-order valence-electron chi connectivity index (χ3n) is 4.47. The highest BCUT2D eigenvalue weighted by molar-refractivity contribution is 5.99. The van der Waals surface area contributed by atoms with Crippen LogP contribution < -0.4 is 4.90 Å². The zero-order chi connectivity index (χ0) is 19.4. The Labute approximate surface area is 157 Å². The quantitative estimate of drug-likeness (QED) is 0.636. The van der Waals surface area contributed by atoms with E-state index in [1.165, 1.54) is 13.1 Å². The first-order chi connectivity index (χ1) is 13.0. The predicted molar refractivity (Wildman–Crippen MR) is 99.1 cm³/mol. The van der Waals surface area contributed by atoms with Crippen LogP contribution in [0.4, 0.5) is 5.82 Å². The van der Waals surface area contributed by atoms with Crippen molar-refractivity contribution in [3.63, 3.8) is 0 Å². The van der Waals surface area contributed by atoms with E-state index in [1.54, 1.807) is 36.2 Å². The Bertz CT molecular complexity index is 836. The summed E-state index contributed by atoms with van der Waals surface area (Å²) >= 11 is 0. The zero-order valence-electron chi connectivity index (χ0n) is 15.4. The predicted octanol–water partition coefficient (Wildman–Crippen LogP) is 1.75. The van der Waals surface area contributed by atoms with Gasteiger partial charge in [-0.25, -0.2) is 9.78 Å². The lowest BCUT2D eigenvalue weighted by molar-refractivity contribution is 0.0525. The van der Waals surface area contributed by atoms with Crippen molar-refractivity contribution in [1.29, 1.82) is 0 Å². The van der Waals surface area contributed by atoms with Crippen molar-refractivity contribution < 1.29 is 19.1 Å². The number of piperazine rings is 1. The normalized spacial score (nSPS) is 14.1. The van der Waals surface area contributed by atoms with Crippen LogP contribution in [0, 0.1) is 0 Å². The molecule has 1 N–H and O–H groups in total. The highest BCUT2D eigenvalue weighted by Crippen LogP contribution is 2.16. The number of carbonyl (C=O) groups excluding carboxylic acids is 3. The number of aromatic nitrogens is 2. The lowest BCUT2D eigenvalue weighted by Gasteiger charge is -2.35. The summed E-state index contributed by atoms with van der Waals surface area (Å²) in [4.78, 5) is 46.6. The molecule has 27 heavy (non-hydrogen) atoms. The van der Waals surface area contributed by atoms with Gasteiger partial charge in [-0.15, -0.1) is 0 Å². The van der Waals surface area contributed by atoms with Gasteiger partial charge in [0.15, 0.2) is 5.78 Å². The van der Waals surface area contributed by atoms with Crippen LogP contribution >= 0.6 is 0 Å². The molecule has 0 aromatic carbocycles. The van der Waals surface area contributed by atoms with E-state index in [2.05, 4.69) is 14.9 Å². The standard InChI is InChI=1S/C19H22N4O4/c1-3-27-19(26)14-4-5-17(21-11-14)22-6-8-23(9-7-22)18(25)16-10-15(12-20-16)13(2)24/h4-5,10-12,20H,3,6-9H2,1-2H3. The van der Waals surface area contributed by atoms with E-state index in [4.69, 9.17) is 4.74 Å². The summed E-state index contributed by atoms with van der Waals surface area (Å²) in [6.07, 6.45) is 3.06. The third-order valence-corrected chi connectivity index (χ3v) is 4.47. The van der Waals surface area contributed by atoms with Gasteiger partial charge in [-0.3, -0.25) is 9.59 Å². The number of nitrogens with zero attached hydrogens (tertiary/aromatic N) is 3. The molecule has 8 nitrogen and oxygen atoms in total. The maximum atomic E-state index is 12.6. The molecule has 1 amide bonds. The minimum absolute atomic E-state index is 0.0764. The second kappa shape index (κ2) is 8.03. The molecule has 0 saturated carbocycles. The number of anilines is 1. The maximum absolute atomic E-state index is 12.6. The highest BCUT2D eigenvalue weighted by atomic mass is 16.5. The smallest absolute Gasteiger partial charge is 0.339 e. The molecule has 3 rings (SSSR count). The molecule has 1 saturated heterocycles. The fourth-order valence-electron chi connectivity index (χ4n) is 2.94. The summed E-state index contributed by atoms with van der Waals surface area (Å²) in [6.45, 7) is 5.93. The molecule has 1 fully saturated rings. The molecule has 0 atom stereocenters. The van der Waals surface area contributed by atoms with Gasteiger partial charge in [0.2, 0.25) is 0 Å². The second-order valence-electron chi connectivity index (χ2n) is 6.26. The maximum Gasteiger partial charge on any atom is 0.339 e. The number of ether oxygens (including phenoxy) is 1. The molecular formula is C19H22N4O4. The third kappa shape index (κ3) is 4.16. The Morgan fingerprint density at radius 2 is 1.89 bits per heavy atom. The fraction of sp³-hybridized carbons (Fsp3) is 0.368. The molecule has 2 aromatic rings. The van der Waals surface area contributed by atoms with Gasteiger partial charge in [0.25, 0.3) is 5.91 Å².